The van der Waals surface area contributed by atoms with Gasteiger partial charge in [0, 0.05) is 38.2 Å². The number of fused-ring (bicyclic) bond motifs is 1. The van der Waals surface area contributed by atoms with Gasteiger partial charge in [0.05, 0.1) is 4.92 Å². The van der Waals surface area contributed by atoms with Crippen LogP contribution >= 0.6 is 0 Å². The van der Waals surface area contributed by atoms with Gasteiger partial charge in [-0.2, -0.15) is 0 Å². The number of nitro benzene ring substituents is 1. The van der Waals surface area contributed by atoms with E-state index in [1.165, 1.54) is 5.56 Å². The Morgan fingerprint density at radius 3 is 2.75 bits per heavy atom. The van der Waals surface area contributed by atoms with Crippen LogP contribution in [0.5, 0.6) is 0 Å². The molecule has 6 nitrogen and oxygen atoms in total. The molecule has 1 heterocycles. The van der Waals surface area contributed by atoms with Crippen molar-refractivity contribution in [3.63, 3.8) is 0 Å². The average Bonchev–Trinajstić information content (AvgIpc) is 2.59. The van der Waals surface area contributed by atoms with E-state index in [1.807, 2.05) is 11.0 Å². The summed E-state index contributed by atoms with van der Waals surface area (Å²) in [5.41, 5.74) is 2.50. The van der Waals surface area contributed by atoms with E-state index < -0.39 is 0 Å². The number of hydrogen-bond donors (Lipinski definition) is 1. The summed E-state index contributed by atoms with van der Waals surface area (Å²) in [4.78, 5) is 24.0. The Balaban J connectivity index is 1.60. The van der Waals surface area contributed by atoms with E-state index in [1.54, 1.807) is 19.1 Å². The lowest BCUT2D eigenvalue weighted by Crippen LogP contribution is -2.40. The molecule has 0 bridgehead atoms. The van der Waals surface area contributed by atoms with Crippen LogP contribution in [0.25, 0.3) is 0 Å². The number of likely N-dealkylation sites (tertiary alicyclic amines) is 1. The van der Waals surface area contributed by atoms with E-state index in [4.69, 9.17) is 0 Å². The smallest absolute Gasteiger partial charge is 0.269 e. The lowest BCUT2D eigenvalue weighted by Gasteiger charge is -2.33. The third-order valence-electron chi connectivity index (χ3n) is 5.37. The molecule has 1 aliphatic heterocycles. The molecule has 1 aromatic carbocycles. The number of nitrogens with zero attached hydrogens (tertiary/aromatic N) is 2. The first-order valence-electron chi connectivity index (χ1n) is 8.80. The highest BCUT2D eigenvalue weighted by Gasteiger charge is 2.25. The summed E-state index contributed by atoms with van der Waals surface area (Å²) in [7, 11) is 0. The van der Waals surface area contributed by atoms with Crippen LogP contribution in [0.4, 0.5) is 5.69 Å². The summed E-state index contributed by atoms with van der Waals surface area (Å²) in [6.07, 6.45) is 5.20. The number of nitro groups is 1. The average molecular weight is 331 g/mol. The first-order valence-corrected chi connectivity index (χ1v) is 8.80. The second kappa shape index (κ2) is 7.30. The van der Waals surface area contributed by atoms with Gasteiger partial charge in [-0.3, -0.25) is 14.9 Å². The molecule has 6 heteroatoms. The van der Waals surface area contributed by atoms with Gasteiger partial charge < -0.3 is 10.2 Å². The Morgan fingerprint density at radius 1 is 1.33 bits per heavy atom. The zero-order chi connectivity index (χ0) is 17.1. The Morgan fingerprint density at radius 2 is 2.08 bits per heavy atom. The van der Waals surface area contributed by atoms with Gasteiger partial charge in [0.15, 0.2) is 0 Å². The molecule has 1 amide bonds. The van der Waals surface area contributed by atoms with Crippen molar-refractivity contribution in [1.29, 1.82) is 0 Å². The molecule has 1 N–H and O–H groups in total. The molecule has 0 radical (unpaired) electrons. The third kappa shape index (κ3) is 3.75. The Labute approximate surface area is 142 Å². The topological polar surface area (TPSA) is 75.5 Å². The largest absolute Gasteiger partial charge is 0.343 e. The summed E-state index contributed by atoms with van der Waals surface area (Å²) in [6.45, 7) is 4.23. The SMILES string of the molecule is CC(=O)N1CCC(CN[C@@H]2CCCc3ccc([N+](=O)[O-])cc32)CC1. The molecule has 1 saturated heterocycles. The fraction of sp³-hybridized carbons (Fsp3) is 0.611. The van der Waals surface area contributed by atoms with E-state index in [0.29, 0.717) is 5.92 Å². The molecule has 0 saturated carbocycles. The lowest BCUT2D eigenvalue weighted by atomic mass is 9.86. The number of benzene rings is 1. The van der Waals surface area contributed by atoms with Crippen LogP contribution in [0, 0.1) is 16.0 Å². The minimum atomic E-state index is -0.316. The molecule has 1 fully saturated rings. The molecule has 1 aliphatic carbocycles. The number of amides is 1. The quantitative estimate of drug-likeness (QED) is 0.680. The van der Waals surface area contributed by atoms with Crippen LogP contribution in [0.2, 0.25) is 0 Å². The van der Waals surface area contributed by atoms with Crippen LogP contribution in [-0.2, 0) is 11.2 Å². The fourth-order valence-electron chi connectivity index (χ4n) is 3.87. The molecule has 0 spiro atoms. The fourth-order valence-corrected chi connectivity index (χ4v) is 3.87. The van der Waals surface area contributed by atoms with E-state index in [9.17, 15) is 14.9 Å². The monoisotopic (exact) mass is 331 g/mol. The summed E-state index contributed by atoms with van der Waals surface area (Å²) < 4.78 is 0. The normalized spacial score (nSPS) is 21.4. The summed E-state index contributed by atoms with van der Waals surface area (Å²) in [6, 6.07) is 5.47. The van der Waals surface area contributed by atoms with Crippen molar-refractivity contribution in [2.75, 3.05) is 19.6 Å². The van der Waals surface area contributed by atoms with Gasteiger partial charge in [0.25, 0.3) is 5.69 Å². The van der Waals surface area contributed by atoms with Crippen LogP contribution in [0.1, 0.15) is 49.8 Å². The number of carbonyl (C=O) groups excluding carboxylic acids is 1. The van der Waals surface area contributed by atoms with Gasteiger partial charge in [0.2, 0.25) is 5.91 Å². The number of carbonyl (C=O) groups is 1. The second-order valence-corrected chi connectivity index (χ2v) is 6.94. The highest BCUT2D eigenvalue weighted by Crippen LogP contribution is 2.32. The minimum Gasteiger partial charge on any atom is -0.343 e. The second-order valence-electron chi connectivity index (χ2n) is 6.94. The molecular weight excluding hydrogens is 306 g/mol. The van der Waals surface area contributed by atoms with Crippen LogP contribution in [0.15, 0.2) is 18.2 Å². The molecule has 3 rings (SSSR count). The van der Waals surface area contributed by atoms with Gasteiger partial charge in [-0.05, 0) is 55.7 Å². The molecule has 0 unspecified atom stereocenters. The van der Waals surface area contributed by atoms with E-state index in [-0.39, 0.29) is 22.6 Å². The van der Waals surface area contributed by atoms with E-state index in [2.05, 4.69) is 5.32 Å². The number of non-ortho nitro benzene ring substituents is 1. The van der Waals surface area contributed by atoms with Crippen LogP contribution in [-0.4, -0.2) is 35.4 Å². The predicted molar refractivity (Wildman–Crippen MR) is 91.8 cm³/mol. The first-order chi connectivity index (χ1) is 11.5. The maximum atomic E-state index is 11.4. The van der Waals surface area contributed by atoms with E-state index >= 15 is 0 Å². The molecule has 24 heavy (non-hydrogen) atoms. The first kappa shape index (κ1) is 16.9. The van der Waals surface area contributed by atoms with Crippen molar-refractivity contribution in [3.05, 3.63) is 39.4 Å². The van der Waals surface area contributed by atoms with Gasteiger partial charge in [-0.15, -0.1) is 0 Å². The maximum Gasteiger partial charge on any atom is 0.269 e. The Kier molecular flexibility index (Phi) is 5.14. The van der Waals surface area contributed by atoms with Crippen molar-refractivity contribution in [1.82, 2.24) is 10.2 Å². The van der Waals surface area contributed by atoms with Crippen molar-refractivity contribution < 1.29 is 9.72 Å². The van der Waals surface area contributed by atoms with Crippen molar-refractivity contribution in [3.8, 4) is 0 Å². The minimum absolute atomic E-state index is 0.162. The van der Waals surface area contributed by atoms with Gasteiger partial charge in [-0.25, -0.2) is 0 Å². The number of rotatable bonds is 4. The number of nitrogens with one attached hydrogen (secondary N) is 1. The van der Waals surface area contributed by atoms with Gasteiger partial charge >= 0.3 is 0 Å². The summed E-state index contributed by atoms with van der Waals surface area (Å²) >= 11 is 0. The molecule has 0 aromatic heterocycles. The Hall–Kier alpha value is -1.95. The van der Waals surface area contributed by atoms with E-state index in [0.717, 1.165) is 57.3 Å². The highest BCUT2D eigenvalue weighted by atomic mass is 16.6. The third-order valence-corrected chi connectivity index (χ3v) is 5.37. The molecule has 1 atom stereocenters. The van der Waals surface area contributed by atoms with Crippen LogP contribution < -0.4 is 5.32 Å². The van der Waals surface area contributed by atoms with Crippen molar-refractivity contribution in [2.45, 2.75) is 45.1 Å². The molecule has 2 aliphatic rings. The zero-order valence-corrected chi connectivity index (χ0v) is 14.2. The lowest BCUT2D eigenvalue weighted by molar-refractivity contribution is -0.385. The zero-order valence-electron chi connectivity index (χ0n) is 14.2. The van der Waals surface area contributed by atoms with Gasteiger partial charge in [0.1, 0.15) is 0 Å². The summed E-state index contributed by atoms with van der Waals surface area (Å²) in [5, 5.41) is 14.7. The standard InChI is InChI=1S/C18H25N3O3/c1-13(22)20-9-7-14(8-10-20)12-19-18-4-2-3-15-5-6-16(21(23)24)11-17(15)18/h5-6,11,14,18-19H,2-4,7-10,12H2,1H3/t18-/m1/s1. The predicted octanol–water partition coefficient (Wildman–Crippen LogP) is 2.82. The number of hydrogen-bond acceptors (Lipinski definition) is 4. The molecular formula is C18H25N3O3. The maximum absolute atomic E-state index is 11.4. The molecule has 130 valence electrons. The van der Waals surface area contributed by atoms with Crippen molar-refractivity contribution in [2.24, 2.45) is 5.92 Å². The number of aryl methyl sites for hydroxylation is 1. The summed E-state index contributed by atoms with van der Waals surface area (Å²) in [5.74, 6) is 0.736. The Bertz CT molecular complexity index is 624. The van der Waals surface area contributed by atoms with Gasteiger partial charge in [-0.1, -0.05) is 6.07 Å². The highest BCUT2D eigenvalue weighted by molar-refractivity contribution is 5.73. The number of piperidine rings is 1. The molecule has 1 aromatic rings. The van der Waals surface area contributed by atoms with Crippen LogP contribution in [0.3, 0.4) is 0 Å². The van der Waals surface area contributed by atoms with Crippen molar-refractivity contribution >= 4 is 11.6 Å².